The average molecular weight is 444 g/mol. The molecule has 8 rings (SSSR count). The van der Waals surface area contributed by atoms with Crippen molar-refractivity contribution in [1.82, 2.24) is 0 Å². The van der Waals surface area contributed by atoms with E-state index in [1.54, 1.807) is 0 Å². The Morgan fingerprint density at radius 2 is 0.657 bits per heavy atom. The SMILES string of the molecule is Nc1cccc2cc3cc4ccc5cc6cc7cc8ccccc8cc7cc6cc5c4cc3cc12. The summed E-state index contributed by atoms with van der Waals surface area (Å²) in [5.41, 5.74) is 7.12. The second kappa shape index (κ2) is 6.71. The molecule has 8 aromatic rings. The molecule has 8 aromatic carbocycles. The van der Waals surface area contributed by atoms with Gasteiger partial charge in [0.15, 0.2) is 0 Å². The molecule has 35 heavy (non-hydrogen) atoms. The highest BCUT2D eigenvalue weighted by molar-refractivity contribution is 6.18. The van der Waals surface area contributed by atoms with Crippen LogP contribution in [0.3, 0.4) is 0 Å². The molecule has 0 aliphatic heterocycles. The summed E-state index contributed by atoms with van der Waals surface area (Å²) in [6.45, 7) is 0. The summed E-state index contributed by atoms with van der Waals surface area (Å²) in [7, 11) is 0. The number of nitrogens with two attached hydrogens (primary N) is 1. The molecule has 0 fully saturated rings. The van der Waals surface area contributed by atoms with Crippen LogP contribution in [0.4, 0.5) is 5.69 Å². The zero-order valence-electron chi connectivity index (χ0n) is 19.0. The fourth-order valence-corrected chi connectivity index (χ4v) is 5.80. The van der Waals surface area contributed by atoms with Gasteiger partial charge < -0.3 is 5.73 Å². The molecule has 0 aromatic heterocycles. The maximum absolute atomic E-state index is 6.29. The van der Waals surface area contributed by atoms with Crippen LogP contribution >= 0.6 is 0 Å². The van der Waals surface area contributed by atoms with E-state index >= 15 is 0 Å². The summed E-state index contributed by atoms with van der Waals surface area (Å²) >= 11 is 0. The third-order valence-electron chi connectivity index (χ3n) is 7.60. The first kappa shape index (κ1) is 18.8. The predicted octanol–water partition coefficient (Wildman–Crippen LogP) is 9.34. The predicted molar refractivity (Wildman–Crippen MR) is 153 cm³/mol. The van der Waals surface area contributed by atoms with Crippen LogP contribution < -0.4 is 5.73 Å². The molecule has 0 aliphatic rings. The van der Waals surface area contributed by atoms with E-state index in [1.807, 2.05) is 12.1 Å². The smallest absolute Gasteiger partial charge is 0.0393 e. The van der Waals surface area contributed by atoms with Crippen molar-refractivity contribution in [3.05, 3.63) is 115 Å². The molecule has 1 heteroatoms. The first-order valence-electron chi connectivity index (χ1n) is 12.0. The Morgan fingerprint density at radius 3 is 1.23 bits per heavy atom. The van der Waals surface area contributed by atoms with Crippen molar-refractivity contribution in [2.45, 2.75) is 0 Å². The van der Waals surface area contributed by atoms with Crippen molar-refractivity contribution < 1.29 is 0 Å². The highest BCUT2D eigenvalue weighted by atomic mass is 14.5. The van der Waals surface area contributed by atoms with Gasteiger partial charge in [0.1, 0.15) is 0 Å². The van der Waals surface area contributed by atoms with Crippen LogP contribution in [0.15, 0.2) is 115 Å². The summed E-state index contributed by atoms with van der Waals surface area (Å²) in [6.07, 6.45) is 0. The molecule has 0 aliphatic carbocycles. The van der Waals surface area contributed by atoms with E-state index in [2.05, 4.69) is 103 Å². The lowest BCUT2D eigenvalue weighted by Crippen LogP contribution is -1.87. The van der Waals surface area contributed by atoms with Crippen LogP contribution in [0.25, 0.3) is 75.4 Å². The molecule has 0 saturated heterocycles. The Hall–Kier alpha value is -4.62. The summed E-state index contributed by atoms with van der Waals surface area (Å²) < 4.78 is 0. The number of hydrogen-bond donors (Lipinski definition) is 1. The topological polar surface area (TPSA) is 26.0 Å². The second-order valence-electron chi connectivity index (χ2n) is 9.73. The highest BCUT2D eigenvalue weighted by Crippen LogP contribution is 2.36. The Bertz CT molecular complexity index is 2170. The first-order valence-corrected chi connectivity index (χ1v) is 12.0. The molecule has 162 valence electrons. The van der Waals surface area contributed by atoms with Crippen molar-refractivity contribution >= 4 is 81.1 Å². The minimum absolute atomic E-state index is 0.827. The maximum Gasteiger partial charge on any atom is 0.0393 e. The molecule has 0 unspecified atom stereocenters. The maximum atomic E-state index is 6.29. The highest BCUT2D eigenvalue weighted by Gasteiger charge is 2.08. The van der Waals surface area contributed by atoms with Crippen LogP contribution in [-0.4, -0.2) is 0 Å². The molecule has 0 saturated carbocycles. The fourth-order valence-electron chi connectivity index (χ4n) is 5.80. The molecule has 0 bridgehead atoms. The number of nitrogen functional groups attached to an aromatic ring is 1. The number of anilines is 1. The summed E-state index contributed by atoms with van der Waals surface area (Å²) in [5, 5.41) is 17.5. The van der Waals surface area contributed by atoms with Crippen LogP contribution in [0.5, 0.6) is 0 Å². The van der Waals surface area contributed by atoms with Gasteiger partial charge in [0.25, 0.3) is 0 Å². The first-order chi connectivity index (χ1) is 17.2. The lowest BCUT2D eigenvalue weighted by Gasteiger charge is -2.11. The van der Waals surface area contributed by atoms with Crippen molar-refractivity contribution in [1.29, 1.82) is 0 Å². The van der Waals surface area contributed by atoms with Crippen molar-refractivity contribution in [3.63, 3.8) is 0 Å². The van der Waals surface area contributed by atoms with E-state index in [-0.39, 0.29) is 0 Å². The normalized spacial score (nSPS) is 12.1. The van der Waals surface area contributed by atoms with Crippen molar-refractivity contribution in [2.75, 3.05) is 5.73 Å². The van der Waals surface area contributed by atoms with E-state index in [0.717, 1.165) is 11.1 Å². The minimum atomic E-state index is 0.827. The zero-order valence-corrected chi connectivity index (χ0v) is 19.0. The van der Waals surface area contributed by atoms with Crippen LogP contribution in [0.1, 0.15) is 0 Å². The molecular formula is C34H21N. The van der Waals surface area contributed by atoms with Crippen LogP contribution in [-0.2, 0) is 0 Å². The summed E-state index contributed by atoms with van der Waals surface area (Å²) in [5.74, 6) is 0. The lowest BCUT2D eigenvalue weighted by molar-refractivity contribution is 1.76. The van der Waals surface area contributed by atoms with Gasteiger partial charge in [-0.3, -0.25) is 0 Å². The zero-order chi connectivity index (χ0) is 23.1. The Morgan fingerprint density at radius 1 is 0.286 bits per heavy atom. The standard InChI is InChI=1S/C34H21N/c35-34-7-3-6-22-12-27-13-23-8-9-24-14-28-15-25-10-20-4-1-2-5-21(20)11-26(25)16-29(28)17-31(24)32(23)18-30(27)19-33(22)34/h1-19H,35H2. The third kappa shape index (κ3) is 2.76. The monoisotopic (exact) mass is 443 g/mol. The number of hydrogen-bond acceptors (Lipinski definition) is 1. The van der Waals surface area contributed by atoms with E-state index in [0.29, 0.717) is 0 Å². The quantitative estimate of drug-likeness (QED) is 0.141. The van der Waals surface area contributed by atoms with E-state index in [4.69, 9.17) is 5.73 Å². The van der Waals surface area contributed by atoms with E-state index < -0.39 is 0 Å². The minimum Gasteiger partial charge on any atom is -0.398 e. The average Bonchev–Trinajstić information content (AvgIpc) is 2.88. The molecular weight excluding hydrogens is 422 g/mol. The molecule has 0 spiro atoms. The van der Waals surface area contributed by atoms with Gasteiger partial charge in [-0.05, 0) is 137 Å². The lowest BCUT2D eigenvalue weighted by atomic mass is 9.93. The van der Waals surface area contributed by atoms with Gasteiger partial charge in [-0.2, -0.15) is 0 Å². The summed E-state index contributed by atoms with van der Waals surface area (Å²) in [6, 6.07) is 42.3. The fraction of sp³-hybridized carbons (Fsp3) is 0. The van der Waals surface area contributed by atoms with E-state index in [9.17, 15) is 0 Å². The molecule has 1 nitrogen and oxygen atoms in total. The van der Waals surface area contributed by atoms with Crippen LogP contribution in [0.2, 0.25) is 0 Å². The second-order valence-corrected chi connectivity index (χ2v) is 9.73. The van der Waals surface area contributed by atoms with Gasteiger partial charge in [0, 0.05) is 11.1 Å². The molecule has 2 N–H and O–H groups in total. The number of rotatable bonds is 0. The van der Waals surface area contributed by atoms with Gasteiger partial charge >= 0.3 is 0 Å². The number of fused-ring (bicyclic) bond motifs is 8. The summed E-state index contributed by atoms with van der Waals surface area (Å²) in [4.78, 5) is 0. The molecule has 0 atom stereocenters. The Balaban J connectivity index is 1.44. The van der Waals surface area contributed by atoms with E-state index in [1.165, 1.54) is 70.0 Å². The van der Waals surface area contributed by atoms with Crippen molar-refractivity contribution in [2.24, 2.45) is 0 Å². The molecule has 0 amide bonds. The molecule has 0 radical (unpaired) electrons. The van der Waals surface area contributed by atoms with Gasteiger partial charge in [0.2, 0.25) is 0 Å². The van der Waals surface area contributed by atoms with Gasteiger partial charge in [0.05, 0.1) is 0 Å². The Kier molecular flexibility index (Phi) is 3.60. The van der Waals surface area contributed by atoms with Gasteiger partial charge in [-0.15, -0.1) is 0 Å². The van der Waals surface area contributed by atoms with Crippen molar-refractivity contribution in [3.8, 4) is 0 Å². The third-order valence-corrected chi connectivity index (χ3v) is 7.60. The number of benzene rings is 8. The molecule has 0 heterocycles. The van der Waals surface area contributed by atoms with Gasteiger partial charge in [-0.25, -0.2) is 0 Å². The van der Waals surface area contributed by atoms with Crippen LogP contribution in [0, 0.1) is 0 Å². The Labute approximate surface area is 202 Å². The largest absolute Gasteiger partial charge is 0.398 e. The van der Waals surface area contributed by atoms with Gasteiger partial charge in [-0.1, -0.05) is 48.5 Å².